The summed E-state index contributed by atoms with van der Waals surface area (Å²) >= 11 is 0. The quantitative estimate of drug-likeness (QED) is 0.622. The van der Waals surface area contributed by atoms with Crippen molar-refractivity contribution < 1.29 is 14.3 Å². The van der Waals surface area contributed by atoms with Crippen molar-refractivity contribution in [1.29, 1.82) is 10.5 Å². The second-order valence-electron chi connectivity index (χ2n) is 6.06. The SMILES string of the molecule is N#CCCN(CCC#N)C(=O)COC(=O)C1CCCCN1c1ncccn1. The van der Waals surface area contributed by atoms with Crippen LogP contribution in [0.4, 0.5) is 5.95 Å². The van der Waals surface area contributed by atoms with Gasteiger partial charge in [-0.1, -0.05) is 0 Å². The number of carbonyl (C=O) groups is 2. The zero-order valence-corrected chi connectivity index (χ0v) is 15.1. The summed E-state index contributed by atoms with van der Waals surface area (Å²) < 4.78 is 5.24. The highest BCUT2D eigenvalue weighted by atomic mass is 16.5. The topological polar surface area (TPSA) is 123 Å². The first-order chi connectivity index (χ1) is 13.2. The Hall–Kier alpha value is -3.20. The van der Waals surface area contributed by atoms with E-state index in [1.807, 2.05) is 12.1 Å². The number of anilines is 1. The molecule has 0 bridgehead atoms. The smallest absolute Gasteiger partial charge is 0.329 e. The molecule has 9 heteroatoms. The van der Waals surface area contributed by atoms with Gasteiger partial charge in [0.2, 0.25) is 5.95 Å². The summed E-state index contributed by atoms with van der Waals surface area (Å²) in [5, 5.41) is 17.4. The number of rotatable bonds is 8. The average molecular weight is 370 g/mol. The highest BCUT2D eigenvalue weighted by molar-refractivity contribution is 5.84. The Morgan fingerprint density at radius 2 is 1.85 bits per heavy atom. The van der Waals surface area contributed by atoms with Gasteiger partial charge in [0.25, 0.3) is 5.91 Å². The number of aromatic nitrogens is 2. The summed E-state index contributed by atoms with van der Waals surface area (Å²) in [5.41, 5.74) is 0. The minimum Gasteiger partial charge on any atom is -0.454 e. The molecular weight excluding hydrogens is 348 g/mol. The van der Waals surface area contributed by atoms with E-state index in [0.29, 0.717) is 18.9 Å². The molecule has 9 nitrogen and oxygen atoms in total. The number of esters is 1. The lowest BCUT2D eigenvalue weighted by Gasteiger charge is -2.34. The molecule has 1 unspecified atom stereocenters. The fourth-order valence-electron chi connectivity index (χ4n) is 2.91. The number of carbonyl (C=O) groups excluding carboxylic acids is 2. The third kappa shape index (κ3) is 5.93. The summed E-state index contributed by atoms with van der Waals surface area (Å²) in [4.78, 5) is 36.4. The Morgan fingerprint density at radius 1 is 1.19 bits per heavy atom. The fraction of sp³-hybridized carbons (Fsp3) is 0.556. The Labute approximate surface area is 158 Å². The van der Waals surface area contributed by atoms with E-state index in [-0.39, 0.29) is 25.9 Å². The minimum absolute atomic E-state index is 0.160. The molecule has 0 aliphatic carbocycles. The number of amides is 1. The lowest BCUT2D eigenvalue weighted by molar-refractivity contribution is -0.153. The van der Waals surface area contributed by atoms with E-state index in [9.17, 15) is 9.59 Å². The Bertz CT molecular complexity index is 694. The summed E-state index contributed by atoms with van der Waals surface area (Å²) in [6.45, 7) is 0.661. The van der Waals surface area contributed by atoms with Crippen LogP contribution >= 0.6 is 0 Å². The second kappa shape index (κ2) is 10.7. The molecule has 0 saturated carbocycles. The predicted octanol–water partition coefficient (Wildman–Crippen LogP) is 1.03. The molecule has 0 N–H and O–H groups in total. The summed E-state index contributed by atoms with van der Waals surface area (Å²) in [5.74, 6) is -0.432. The van der Waals surface area contributed by atoms with Gasteiger partial charge < -0.3 is 14.5 Å². The molecule has 0 radical (unpaired) electrons. The van der Waals surface area contributed by atoms with E-state index >= 15 is 0 Å². The predicted molar refractivity (Wildman–Crippen MR) is 95.0 cm³/mol. The van der Waals surface area contributed by atoms with Crippen molar-refractivity contribution >= 4 is 17.8 Å². The van der Waals surface area contributed by atoms with Gasteiger partial charge in [-0.2, -0.15) is 10.5 Å². The van der Waals surface area contributed by atoms with Crippen molar-refractivity contribution in [1.82, 2.24) is 14.9 Å². The van der Waals surface area contributed by atoms with Crippen LogP contribution in [0.5, 0.6) is 0 Å². The Morgan fingerprint density at radius 3 is 2.48 bits per heavy atom. The van der Waals surface area contributed by atoms with Gasteiger partial charge in [-0.25, -0.2) is 14.8 Å². The van der Waals surface area contributed by atoms with Gasteiger partial charge in [-0.15, -0.1) is 0 Å². The molecule has 1 saturated heterocycles. The Kier molecular flexibility index (Phi) is 7.98. The monoisotopic (exact) mass is 370 g/mol. The summed E-state index contributed by atoms with van der Waals surface area (Å²) in [6.07, 6.45) is 5.97. The van der Waals surface area contributed by atoms with Crippen LogP contribution in [0.1, 0.15) is 32.1 Å². The maximum atomic E-state index is 12.5. The van der Waals surface area contributed by atoms with Crippen LogP contribution in [0.25, 0.3) is 0 Å². The molecule has 2 heterocycles. The largest absolute Gasteiger partial charge is 0.454 e. The van der Waals surface area contributed by atoms with Crippen molar-refractivity contribution in [2.75, 3.05) is 31.1 Å². The molecule has 1 aliphatic rings. The molecule has 0 spiro atoms. The number of hydrogen-bond acceptors (Lipinski definition) is 8. The zero-order chi connectivity index (χ0) is 19.5. The fourth-order valence-corrected chi connectivity index (χ4v) is 2.91. The van der Waals surface area contributed by atoms with Gasteiger partial charge in [0.05, 0.1) is 25.0 Å². The van der Waals surface area contributed by atoms with E-state index in [1.165, 1.54) is 4.90 Å². The number of nitrogens with zero attached hydrogens (tertiary/aromatic N) is 6. The van der Waals surface area contributed by atoms with Crippen LogP contribution in [0.15, 0.2) is 18.5 Å². The number of ether oxygens (including phenoxy) is 1. The highest BCUT2D eigenvalue weighted by Gasteiger charge is 2.32. The molecule has 2 rings (SSSR count). The normalized spacial score (nSPS) is 16.1. The molecule has 0 aromatic carbocycles. The number of piperidine rings is 1. The number of nitriles is 2. The molecule has 142 valence electrons. The van der Waals surface area contributed by atoms with Gasteiger partial charge in [0.1, 0.15) is 6.04 Å². The third-order valence-electron chi connectivity index (χ3n) is 4.26. The highest BCUT2D eigenvalue weighted by Crippen LogP contribution is 2.22. The summed E-state index contributed by atoms with van der Waals surface area (Å²) in [7, 11) is 0. The minimum atomic E-state index is -0.527. The zero-order valence-electron chi connectivity index (χ0n) is 15.1. The molecule has 1 aliphatic heterocycles. The lowest BCUT2D eigenvalue weighted by atomic mass is 10.0. The van der Waals surface area contributed by atoms with Gasteiger partial charge in [0, 0.05) is 32.0 Å². The maximum Gasteiger partial charge on any atom is 0.329 e. The molecular formula is C18H22N6O3. The van der Waals surface area contributed by atoms with Crippen molar-refractivity contribution in [2.24, 2.45) is 0 Å². The number of hydrogen-bond donors (Lipinski definition) is 0. The first kappa shape index (κ1) is 20.1. The lowest BCUT2D eigenvalue weighted by Crippen LogP contribution is -2.47. The molecule has 1 aromatic rings. The molecule has 1 aromatic heterocycles. The van der Waals surface area contributed by atoms with E-state index in [0.717, 1.165) is 12.8 Å². The average Bonchev–Trinajstić information content (AvgIpc) is 2.72. The Balaban J connectivity index is 1.95. The van der Waals surface area contributed by atoms with Crippen LogP contribution in [-0.4, -0.2) is 59.0 Å². The maximum absolute atomic E-state index is 12.5. The van der Waals surface area contributed by atoms with Crippen LogP contribution < -0.4 is 4.90 Å². The first-order valence-electron chi connectivity index (χ1n) is 8.89. The van der Waals surface area contributed by atoms with Gasteiger partial charge in [-0.05, 0) is 25.3 Å². The summed E-state index contributed by atoms with van der Waals surface area (Å²) in [6, 6.07) is 5.11. The molecule has 1 amide bonds. The van der Waals surface area contributed by atoms with Crippen molar-refractivity contribution in [3.8, 4) is 12.1 Å². The van der Waals surface area contributed by atoms with E-state index in [1.54, 1.807) is 23.4 Å². The molecule has 1 fully saturated rings. The standard InChI is InChI=1S/C18H22N6O3/c19-7-3-11-23(12-4-8-20)16(25)14-27-17(26)15-6-1-2-13-24(15)18-21-9-5-10-22-18/h5,9-10,15H,1-4,6,11-14H2. The van der Waals surface area contributed by atoms with Gasteiger partial charge in [0.15, 0.2) is 6.61 Å². The van der Waals surface area contributed by atoms with Crippen LogP contribution in [0.2, 0.25) is 0 Å². The molecule has 1 atom stereocenters. The van der Waals surface area contributed by atoms with Crippen molar-refractivity contribution in [3.05, 3.63) is 18.5 Å². The van der Waals surface area contributed by atoms with Crippen LogP contribution in [0.3, 0.4) is 0 Å². The first-order valence-corrected chi connectivity index (χ1v) is 8.89. The van der Waals surface area contributed by atoms with Crippen molar-refractivity contribution in [3.63, 3.8) is 0 Å². The van der Waals surface area contributed by atoms with Gasteiger partial charge >= 0.3 is 5.97 Å². The van der Waals surface area contributed by atoms with Crippen LogP contribution in [0, 0.1) is 22.7 Å². The second-order valence-corrected chi connectivity index (χ2v) is 6.06. The van der Waals surface area contributed by atoms with E-state index in [4.69, 9.17) is 15.3 Å². The third-order valence-corrected chi connectivity index (χ3v) is 4.26. The van der Waals surface area contributed by atoms with Crippen molar-refractivity contribution in [2.45, 2.75) is 38.1 Å². The molecule has 27 heavy (non-hydrogen) atoms. The van der Waals surface area contributed by atoms with E-state index in [2.05, 4.69) is 9.97 Å². The van der Waals surface area contributed by atoms with Crippen LogP contribution in [-0.2, 0) is 14.3 Å². The van der Waals surface area contributed by atoms with E-state index < -0.39 is 24.5 Å². The van der Waals surface area contributed by atoms with Gasteiger partial charge in [-0.3, -0.25) is 4.79 Å².